The molecule has 3 N–H and O–H groups in total. The van der Waals surface area contributed by atoms with E-state index in [1.165, 1.54) is 13.1 Å². The molecule has 0 aromatic carbocycles. The second kappa shape index (κ2) is 7.07. The first-order valence-corrected chi connectivity index (χ1v) is 6.89. The van der Waals surface area contributed by atoms with E-state index < -0.39 is 12.2 Å². The van der Waals surface area contributed by atoms with E-state index in [1.54, 1.807) is 0 Å². The Labute approximate surface area is 108 Å². The van der Waals surface area contributed by atoms with Crippen molar-refractivity contribution >= 4 is 28.2 Å². The number of aliphatic hydroxyl groups is 3. The molecule has 1 heterocycles. The predicted octanol–water partition coefficient (Wildman–Crippen LogP) is 0.700. The van der Waals surface area contributed by atoms with Gasteiger partial charge in [-0.25, -0.2) is 4.98 Å². The molecule has 0 bridgehead atoms. The van der Waals surface area contributed by atoms with Crippen molar-refractivity contribution in [2.45, 2.75) is 32.2 Å². The Balaban J connectivity index is 2.45. The van der Waals surface area contributed by atoms with Gasteiger partial charge in [0.15, 0.2) is 5.12 Å². The molecule has 2 unspecified atom stereocenters. The Bertz CT molecular complexity index is 369. The summed E-state index contributed by atoms with van der Waals surface area (Å²) in [4.78, 5) is 15.3. The van der Waals surface area contributed by atoms with Crippen LogP contribution in [0.1, 0.15) is 29.3 Å². The van der Waals surface area contributed by atoms with Gasteiger partial charge in [-0.3, -0.25) is 4.79 Å². The zero-order valence-electron chi connectivity index (χ0n) is 9.37. The van der Waals surface area contributed by atoms with Crippen molar-refractivity contribution in [3.63, 3.8) is 0 Å². The number of aromatic nitrogens is 1. The fraction of sp³-hybridized carbons (Fsp3) is 0.600. The van der Waals surface area contributed by atoms with E-state index in [9.17, 15) is 15.0 Å². The molecule has 0 saturated heterocycles. The molecule has 0 aliphatic heterocycles. The van der Waals surface area contributed by atoms with Gasteiger partial charge >= 0.3 is 0 Å². The van der Waals surface area contributed by atoms with Crippen LogP contribution in [-0.2, 0) is 11.4 Å². The number of thiazole rings is 1. The summed E-state index contributed by atoms with van der Waals surface area (Å²) in [5, 5.41) is 28.7. The Morgan fingerprint density at radius 3 is 2.82 bits per heavy atom. The minimum absolute atomic E-state index is 0.0106. The van der Waals surface area contributed by atoms with E-state index in [4.69, 9.17) is 5.11 Å². The first kappa shape index (κ1) is 14.6. The maximum absolute atomic E-state index is 10.7. The van der Waals surface area contributed by atoms with Crippen molar-refractivity contribution in [1.29, 1.82) is 0 Å². The van der Waals surface area contributed by atoms with Crippen LogP contribution in [0, 0.1) is 0 Å². The van der Waals surface area contributed by atoms with Crippen molar-refractivity contribution in [3.05, 3.63) is 16.1 Å². The topological polar surface area (TPSA) is 90.7 Å². The third kappa shape index (κ3) is 4.72. The SMILES string of the molecule is CC(=O)SCCC(O)C(O)c1ncc(CO)s1. The average Bonchev–Trinajstić information content (AvgIpc) is 2.75. The monoisotopic (exact) mass is 277 g/mol. The fourth-order valence-electron chi connectivity index (χ4n) is 1.18. The molecule has 1 aromatic rings. The standard InChI is InChI=1S/C10H15NO4S2/c1-6(13)16-3-2-8(14)9(15)10-11-4-7(5-12)17-10/h4,8-9,12,14-15H,2-3,5H2,1H3. The van der Waals surface area contributed by atoms with Crippen molar-refractivity contribution < 1.29 is 20.1 Å². The number of nitrogens with zero attached hydrogens (tertiary/aromatic N) is 1. The third-order valence-corrected chi connectivity index (χ3v) is 3.96. The number of rotatable bonds is 6. The summed E-state index contributed by atoms with van der Waals surface area (Å²) in [6.07, 6.45) is -0.216. The average molecular weight is 277 g/mol. The molecule has 0 radical (unpaired) electrons. The molecule has 0 amide bonds. The van der Waals surface area contributed by atoms with E-state index in [-0.39, 0.29) is 11.7 Å². The number of aliphatic hydroxyl groups excluding tert-OH is 3. The van der Waals surface area contributed by atoms with Gasteiger partial charge in [-0.2, -0.15) is 0 Å². The number of carbonyl (C=O) groups is 1. The summed E-state index contributed by atoms with van der Waals surface area (Å²) in [6, 6.07) is 0. The Morgan fingerprint density at radius 1 is 1.59 bits per heavy atom. The van der Waals surface area contributed by atoms with Crippen molar-refractivity contribution in [1.82, 2.24) is 4.98 Å². The van der Waals surface area contributed by atoms with E-state index in [0.717, 1.165) is 23.1 Å². The number of carbonyl (C=O) groups excluding carboxylic acids is 1. The highest BCUT2D eigenvalue weighted by Crippen LogP contribution is 2.24. The molecule has 0 aliphatic rings. The van der Waals surface area contributed by atoms with Crippen LogP contribution >= 0.6 is 23.1 Å². The fourth-order valence-corrected chi connectivity index (χ4v) is 2.65. The maximum Gasteiger partial charge on any atom is 0.185 e. The minimum Gasteiger partial charge on any atom is -0.391 e. The first-order chi connectivity index (χ1) is 8.04. The summed E-state index contributed by atoms with van der Waals surface area (Å²) < 4.78 is 0. The van der Waals surface area contributed by atoms with Crippen molar-refractivity contribution in [2.75, 3.05) is 5.75 Å². The van der Waals surface area contributed by atoms with Crippen molar-refractivity contribution in [2.24, 2.45) is 0 Å². The van der Waals surface area contributed by atoms with E-state index in [1.807, 2.05) is 0 Å². The van der Waals surface area contributed by atoms with Gasteiger partial charge in [-0.15, -0.1) is 11.3 Å². The van der Waals surface area contributed by atoms with Gasteiger partial charge in [0.05, 0.1) is 17.6 Å². The lowest BCUT2D eigenvalue weighted by Gasteiger charge is -2.14. The number of hydrogen-bond donors (Lipinski definition) is 3. The van der Waals surface area contributed by atoms with Crippen LogP contribution in [0.25, 0.3) is 0 Å². The van der Waals surface area contributed by atoms with Gasteiger partial charge in [0, 0.05) is 18.9 Å². The summed E-state index contributed by atoms with van der Waals surface area (Å²) in [7, 11) is 0. The summed E-state index contributed by atoms with van der Waals surface area (Å²) in [5.41, 5.74) is 0. The highest BCUT2D eigenvalue weighted by Gasteiger charge is 2.21. The Morgan fingerprint density at radius 2 is 2.29 bits per heavy atom. The predicted molar refractivity (Wildman–Crippen MR) is 66.8 cm³/mol. The summed E-state index contributed by atoms with van der Waals surface area (Å²) in [6.45, 7) is 1.34. The lowest BCUT2D eigenvalue weighted by Crippen LogP contribution is -2.19. The molecular formula is C10H15NO4S2. The lowest BCUT2D eigenvalue weighted by atomic mass is 10.2. The molecule has 96 valence electrons. The van der Waals surface area contributed by atoms with Gasteiger partial charge in [0.25, 0.3) is 0 Å². The third-order valence-electron chi connectivity index (χ3n) is 2.06. The lowest BCUT2D eigenvalue weighted by molar-refractivity contribution is -0.109. The van der Waals surface area contributed by atoms with Gasteiger partial charge in [0.2, 0.25) is 0 Å². The van der Waals surface area contributed by atoms with Crippen LogP contribution in [0.5, 0.6) is 0 Å². The molecule has 2 atom stereocenters. The molecule has 7 heteroatoms. The van der Waals surface area contributed by atoms with Gasteiger partial charge in [0.1, 0.15) is 11.1 Å². The minimum atomic E-state index is -1.06. The molecule has 0 saturated carbocycles. The smallest absolute Gasteiger partial charge is 0.185 e. The largest absolute Gasteiger partial charge is 0.391 e. The number of thioether (sulfide) groups is 1. The number of hydrogen-bond acceptors (Lipinski definition) is 7. The van der Waals surface area contributed by atoms with Crippen LogP contribution in [0.4, 0.5) is 0 Å². The second-order valence-corrected chi connectivity index (χ2v) is 5.88. The van der Waals surface area contributed by atoms with Crippen molar-refractivity contribution in [3.8, 4) is 0 Å². The first-order valence-electron chi connectivity index (χ1n) is 5.09. The van der Waals surface area contributed by atoms with Gasteiger partial charge in [-0.1, -0.05) is 11.8 Å². The summed E-state index contributed by atoms with van der Waals surface area (Å²) >= 11 is 2.28. The highest BCUT2D eigenvalue weighted by molar-refractivity contribution is 8.13. The van der Waals surface area contributed by atoms with Gasteiger partial charge in [-0.05, 0) is 6.42 Å². The zero-order chi connectivity index (χ0) is 12.8. The molecular weight excluding hydrogens is 262 g/mol. The molecule has 1 aromatic heterocycles. The van der Waals surface area contributed by atoms with Crippen LogP contribution in [-0.4, -0.2) is 37.3 Å². The molecule has 1 rings (SSSR count). The zero-order valence-corrected chi connectivity index (χ0v) is 11.0. The highest BCUT2D eigenvalue weighted by atomic mass is 32.2. The normalized spacial score (nSPS) is 14.6. The van der Waals surface area contributed by atoms with E-state index in [2.05, 4.69) is 4.98 Å². The van der Waals surface area contributed by atoms with Crippen LogP contribution in [0.3, 0.4) is 0 Å². The Kier molecular flexibility index (Phi) is 6.07. The molecule has 17 heavy (non-hydrogen) atoms. The maximum atomic E-state index is 10.7. The molecule has 0 spiro atoms. The van der Waals surface area contributed by atoms with Crippen LogP contribution in [0.15, 0.2) is 6.20 Å². The van der Waals surface area contributed by atoms with Gasteiger partial charge < -0.3 is 15.3 Å². The van der Waals surface area contributed by atoms with Crippen LogP contribution in [0.2, 0.25) is 0 Å². The summed E-state index contributed by atoms with van der Waals surface area (Å²) in [5.74, 6) is 0.464. The Hall–Kier alpha value is -0.470. The van der Waals surface area contributed by atoms with E-state index in [0.29, 0.717) is 22.1 Å². The molecule has 5 nitrogen and oxygen atoms in total. The van der Waals surface area contributed by atoms with E-state index >= 15 is 0 Å². The van der Waals surface area contributed by atoms with Crippen LogP contribution < -0.4 is 0 Å². The molecule has 0 aliphatic carbocycles. The quantitative estimate of drug-likeness (QED) is 0.709. The second-order valence-electron chi connectivity index (χ2n) is 3.46. The molecule has 0 fully saturated rings.